The van der Waals surface area contributed by atoms with E-state index in [0.29, 0.717) is 19.3 Å². The Hall–Kier alpha value is -5.62. The summed E-state index contributed by atoms with van der Waals surface area (Å²) in [5.74, 6) is -1.23. The highest BCUT2D eigenvalue weighted by Crippen LogP contribution is 2.37. The van der Waals surface area contributed by atoms with Gasteiger partial charge < -0.3 is 253 Å². The Morgan fingerprint density at radius 3 is 0.583 bits per heavy atom. The van der Waals surface area contributed by atoms with Crippen LogP contribution in [0.5, 0.6) is 0 Å². The maximum atomic E-state index is 11.4. The molecule has 59 nitrogen and oxygen atoms in total. The molecule has 0 saturated carbocycles. The molecule has 10 heterocycles. The number of esters is 5. The van der Waals surface area contributed by atoms with E-state index in [9.17, 15) is 177 Å². The summed E-state index contributed by atoms with van der Waals surface area (Å²) in [5.41, 5.74) is 8.16. The first kappa shape index (κ1) is 124. The molecular formula is C80H137N3O56. The van der Waals surface area contributed by atoms with E-state index in [1.807, 2.05) is 0 Å². The van der Waals surface area contributed by atoms with Gasteiger partial charge in [0.15, 0.2) is 62.9 Å². The Kier molecular flexibility index (Phi) is 52.3. The molecule has 0 spiro atoms. The van der Waals surface area contributed by atoms with Crippen LogP contribution >= 0.6 is 0 Å². The molecule has 0 bridgehead atoms. The SMILES string of the molecule is C.C#CCC(=O)OCC1O[C@H](O[C@H]2OC(CC)[C@@H](O)C(O)[C@H]2O)C(O)[C@@H](O)[C@@H]1O.CCC(=O)OCC1O[C@H](O[C@H]2OC(CC)[C@@H](O)C(O)[C@H]2O)C(O)[C@@H](O)[C@@H]1O.CCC(=O)OCC1O[C@H](O[C@H]2OC(CC)[C@@H](O)C(O)[C@H]2O)C(O)[C@@H](O)[C@@H]1O.CCC(=O)OCC1O[C@H](O[C@H]2OC(CO)[C@@H](O)C(O)[C@H]2O)C(O)[C@@H](O)[C@@H]1O.CCC1O[C@H](O[C@H]2OC(COC(=O)CN=[N+]=[N-])[C@@H](O)[C@H](O)C2O)[C@H](O)C(O)[C@@H]1O. The normalized spacial score (nSPS) is 44.3. The third kappa shape index (κ3) is 32.7. The van der Waals surface area contributed by atoms with Crippen LogP contribution in [0.25, 0.3) is 10.4 Å². The highest BCUT2D eigenvalue weighted by atomic mass is 16.8. The summed E-state index contributed by atoms with van der Waals surface area (Å²) in [7, 11) is 0. The van der Waals surface area contributed by atoms with Gasteiger partial charge in [-0.3, -0.25) is 24.0 Å². The van der Waals surface area contributed by atoms with Crippen molar-refractivity contribution >= 4 is 29.8 Å². The number of azide groups is 1. The fraction of sp³-hybridized carbons (Fsp3) is 0.912. The number of hydrogen-bond donors (Lipinski definition) is 31. The Balaban J connectivity index is 0.000000306. The van der Waals surface area contributed by atoms with Crippen molar-refractivity contribution < 1.29 is 277 Å². The smallest absolute Gasteiger partial charge is 0.318 e. The van der Waals surface area contributed by atoms with Gasteiger partial charge in [0.1, 0.15) is 266 Å². The van der Waals surface area contributed by atoms with Gasteiger partial charge in [-0.2, -0.15) is 0 Å². The third-order valence-corrected chi connectivity index (χ3v) is 23.2. The Bertz CT molecular complexity index is 3490. The Morgan fingerprint density at radius 1 is 0.259 bits per heavy atom. The summed E-state index contributed by atoms with van der Waals surface area (Å²) in [4.78, 5) is 59.0. The fourth-order valence-electron chi connectivity index (χ4n) is 14.6. The van der Waals surface area contributed by atoms with Gasteiger partial charge in [0.2, 0.25) is 0 Å². The van der Waals surface area contributed by atoms with E-state index in [4.69, 9.17) is 112 Å². The molecule has 31 N–H and O–H groups in total. The molecule has 0 aromatic heterocycles. The molecule has 808 valence electrons. The quantitative estimate of drug-likeness (QED) is 0.00765. The molecule has 139 heavy (non-hydrogen) atoms. The van der Waals surface area contributed by atoms with Crippen LogP contribution in [0.2, 0.25) is 0 Å². The predicted octanol–water partition coefficient (Wildman–Crippen LogP) is -16.4. The second kappa shape index (κ2) is 58.7. The zero-order chi connectivity index (χ0) is 104. The maximum absolute atomic E-state index is 11.4. The highest BCUT2D eigenvalue weighted by molar-refractivity contribution is 5.72. The molecule has 0 aromatic rings. The largest absolute Gasteiger partial charge is 0.463 e. The summed E-state index contributed by atoms with van der Waals surface area (Å²) < 4.78 is 104. The summed E-state index contributed by atoms with van der Waals surface area (Å²) in [5, 5.41) is 311. The van der Waals surface area contributed by atoms with Gasteiger partial charge in [-0.05, 0) is 31.2 Å². The first-order valence-electron chi connectivity index (χ1n) is 44.1. The molecule has 20 unspecified atom stereocenters. The van der Waals surface area contributed by atoms with Crippen LogP contribution in [-0.4, -0.2) is 541 Å². The zero-order valence-electron chi connectivity index (χ0n) is 75.5. The monoisotopic (exact) mass is 2040 g/mol. The topological polar surface area (TPSA) is 946 Å². The first-order chi connectivity index (χ1) is 65.0. The Morgan fingerprint density at radius 2 is 0.417 bits per heavy atom. The van der Waals surface area contributed by atoms with E-state index in [1.54, 1.807) is 48.5 Å². The lowest BCUT2D eigenvalue weighted by Crippen LogP contribution is -2.63. The lowest BCUT2D eigenvalue weighted by atomic mass is 9.97. The molecular weight excluding hydrogens is 1900 g/mol. The van der Waals surface area contributed by atoms with Gasteiger partial charge in [-0.25, -0.2) is 0 Å². The number of ether oxygens (including phenoxy) is 20. The van der Waals surface area contributed by atoms with Gasteiger partial charge >= 0.3 is 29.8 Å². The van der Waals surface area contributed by atoms with E-state index in [1.165, 1.54) is 0 Å². The van der Waals surface area contributed by atoms with Crippen molar-refractivity contribution in [1.82, 2.24) is 0 Å². The van der Waals surface area contributed by atoms with Crippen LogP contribution in [0.1, 0.15) is 107 Å². The van der Waals surface area contributed by atoms with E-state index in [2.05, 4.69) is 15.9 Å². The minimum Gasteiger partial charge on any atom is -0.463 e. The molecule has 0 amide bonds. The summed E-state index contributed by atoms with van der Waals surface area (Å²) >= 11 is 0. The molecule has 59 heteroatoms. The number of hydrogen-bond acceptors (Lipinski definition) is 57. The van der Waals surface area contributed by atoms with E-state index in [-0.39, 0.29) is 52.7 Å². The molecule has 10 aliphatic heterocycles. The zero-order valence-corrected chi connectivity index (χ0v) is 75.5. The number of carbonyl (C=O) groups is 5. The molecule has 0 aromatic carbocycles. The van der Waals surface area contributed by atoms with Crippen LogP contribution in [0.4, 0.5) is 0 Å². The molecule has 0 aliphatic carbocycles. The number of terminal acetylenes is 1. The van der Waals surface area contributed by atoms with Gasteiger partial charge in [0.05, 0.1) is 31.0 Å². The molecule has 10 fully saturated rings. The first-order valence-corrected chi connectivity index (χ1v) is 44.1. The Labute approximate surface area is 792 Å². The van der Waals surface area contributed by atoms with E-state index < -0.39 is 370 Å². The van der Waals surface area contributed by atoms with Crippen LogP contribution < -0.4 is 0 Å². The maximum Gasteiger partial charge on any atom is 0.318 e. The van der Waals surface area contributed by atoms with Crippen LogP contribution in [0.15, 0.2) is 5.11 Å². The number of aliphatic hydroxyl groups is 31. The van der Waals surface area contributed by atoms with Crippen molar-refractivity contribution in [2.24, 2.45) is 5.11 Å². The lowest BCUT2D eigenvalue weighted by molar-refractivity contribution is -0.376. The minimum atomic E-state index is -1.76. The number of aliphatic hydroxyl groups excluding tert-OH is 31. The highest BCUT2D eigenvalue weighted by Gasteiger charge is 2.57. The average Bonchev–Trinajstić information content (AvgIpc) is 0.802. The standard InChI is InChI=1S/C17H26O11.2C16H28O11.C15H25N3O11.C15H26O12.CH4/c1-3-5-9(18)25-6-8-11(20)13(22)15(24)17(27-8)28-16-14(23)12(21)10(19)7(4-2)26-16;2*1-3-6-9(18)11(20)13(22)15(25-6)27-16-14(23)12(21)10(19)7(26-16)5-24-8(17)4-2;1-2-5-8(20)10(22)12(24)14(27-5)29-15-13(25)11(23)9(21)6(28-15)4-26-7(19)3-17-18-16;1-2-7(17)24-4-6-9(19)11(21)13(23)15(26-6)27-14-12(22)10(20)8(18)5(3-16)25-14;/h1,7-8,10-17,19-24H,4-6H2,2H3;2*6-7,9-16,18-23H,3-5H2,1-2H3;5-6,8-15,20-25H,2-4H2,1H3;5-6,8-16,18-23H,2-4H2,1H3;1H4/t7?,8?,10-,11-,12?,13+,14-,15?,16-,17-;2*6?,7?,9-,10-,11?,12+,13-,14?,15-,16-;2*5?,6?,8-,9-,10?,11+,12-,13?,14-,15-;/m11111./s1. The fourth-order valence-corrected chi connectivity index (χ4v) is 14.6. The van der Waals surface area contributed by atoms with E-state index >= 15 is 0 Å². The van der Waals surface area contributed by atoms with Crippen molar-refractivity contribution in [3.05, 3.63) is 10.4 Å². The van der Waals surface area contributed by atoms with Crippen molar-refractivity contribution in [2.75, 3.05) is 46.2 Å². The summed E-state index contributed by atoms with van der Waals surface area (Å²) in [6.45, 7) is 7.96. The second-order valence-electron chi connectivity index (χ2n) is 32.9. The summed E-state index contributed by atoms with van der Waals surface area (Å²) in [6.07, 6.45) is -68.5. The van der Waals surface area contributed by atoms with Gasteiger partial charge in [0.25, 0.3) is 0 Å². The number of rotatable bonds is 31. The van der Waals surface area contributed by atoms with Crippen molar-refractivity contribution in [3.63, 3.8) is 0 Å². The van der Waals surface area contributed by atoms with Gasteiger partial charge in [0, 0.05) is 24.2 Å². The van der Waals surface area contributed by atoms with Crippen LogP contribution in [0, 0.1) is 12.3 Å². The van der Waals surface area contributed by atoms with E-state index in [0.717, 1.165) is 0 Å². The van der Waals surface area contributed by atoms with Crippen molar-refractivity contribution in [2.45, 2.75) is 414 Å². The molecule has 10 aliphatic rings. The number of carbonyl (C=O) groups excluding carboxylic acids is 5. The summed E-state index contributed by atoms with van der Waals surface area (Å²) in [6, 6.07) is 0. The molecule has 0 radical (unpaired) electrons. The molecule has 10 saturated heterocycles. The van der Waals surface area contributed by atoms with Crippen LogP contribution in [-0.2, 0) is 119 Å². The van der Waals surface area contributed by atoms with Gasteiger partial charge in [-0.1, -0.05) is 66.9 Å². The van der Waals surface area contributed by atoms with Gasteiger partial charge in [-0.15, -0.1) is 6.42 Å². The van der Waals surface area contributed by atoms with Crippen molar-refractivity contribution in [3.8, 4) is 12.3 Å². The predicted molar refractivity (Wildman–Crippen MR) is 440 cm³/mol. The third-order valence-electron chi connectivity index (χ3n) is 23.2. The average molecular weight is 2040 g/mol. The minimum absolute atomic E-state index is 0. The van der Waals surface area contributed by atoms with Crippen LogP contribution in [0.3, 0.4) is 0 Å². The van der Waals surface area contributed by atoms with Crippen molar-refractivity contribution in [1.29, 1.82) is 0 Å². The number of nitrogens with zero attached hydrogens (tertiary/aromatic N) is 3. The lowest BCUT2D eigenvalue weighted by Gasteiger charge is -2.44. The molecule has 50 atom stereocenters. The second-order valence-corrected chi connectivity index (χ2v) is 32.9. The molecule has 10 rings (SSSR count).